The monoisotopic (exact) mass is 548 g/mol. The van der Waals surface area contributed by atoms with E-state index in [2.05, 4.69) is 15.5 Å². The van der Waals surface area contributed by atoms with Gasteiger partial charge in [-0.3, -0.25) is 29.0 Å². The highest BCUT2D eigenvalue weighted by Crippen LogP contribution is 2.16. The van der Waals surface area contributed by atoms with Crippen LogP contribution in [0.1, 0.15) is 51.4 Å². The van der Waals surface area contributed by atoms with Crippen molar-refractivity contribution in [1.82, 2.24) is 20.4 Å². The molecule has 2 fully saturated rings. The van der Waals surface area contributed by atoms with Crippen LogP contribution < -0.4 is 22.1 Å². The molecule has 2 unspecified atom stereocenters. The molecular formula is C24H48N6O8. The van der Waals surface area contributed by atoms with Crippen molar-refractivity contribution in [1.29, 1.82) is 0 Å². The minimum atomic E-state index is -0.886. The molecule has 14 nitrogen and oxygen atoms in total. The number of nitrogens with zero attached hydrogens (tertiary/aromatic N) is 2. The topological polar surface area (TPSA) is 232 Å². The molecule has 0 radical (unpaired) electrons. The Morgan fingerprint density at radius 1 is 0.763 bits per heavy atom. The molecule has 2 rings (SSSR count). The summed E-state index contributed by atoms with van der Waals surface area (Å²) in [7, 11) is 0. The summed E-state index contributed by atoms with van der Waals surface area (Å²) in [4.78, 5) is 46.0. The number of carboxylic acid groups (broad SMARTS) is 4. The number of nitrogens with two attached hydrogens (primary N) is 2. The number of aliphatic carboxylic acids is 4. The van der Waals surface area contributed by atoms with Gasteiger partial charge in [-0.2, -0.15) is 0 Å². The van der Waals surface area contributed by atoms with E-state index in [1.165, 1.54) is 0 Å². The SMILES string of the molecule is NCCC1CNCCN1C(CCCC(=O)O)C(=O)O.NCCN1CCNCC1.O=C(O)CCCCC(=O)O. The van der Waals surface area contributed by atoms with Gasteiger partial charge in [-0.15, -0.1) is 0 Å². The van der Waals surface area contributed by atoms with E-state index in [9.17, 15) is 24.3 Å². The molecular weight excluding hydrogens is 500 g/mol. The van der Waals surface area contributed by atoms with Crippen LogP contribution in [0.15, 0.2) is 0 Å². The average Bonchev–Trinajstić information content (AvgIpc) is 2.86. The molecule has 0 aliphatic carbocycles. The number of hydrogen-bond acceptors (Lipinski definition) is 10. The zero-order valence-electron chi connectivity index (χ0n) is 22.4. The molecule has 2 heterocycles. The van der Waals surface area contributed by atoms with Crippen molar-refractivity contribution < 1.29 is 39.6 Å². The normalized spacial score (nSPS) is 18.7. The number of piperazine rings is 2. The van der Waals surface area contributed by atoms with Crippen LogP contribution in [0.5, 0.6) is 0 Å². The van der Waals surface area contributed by atoms with Crippen molar-refractivity contribution in [3.63, 3.8) is 0 Å². The quantitative estimate of drug-likeness (QED) is 0.113. The molecule has 2 saturated heterocycles. The molecule has 222 valence electrons. The van der Waals surface area contributed by atoms with Crippen LogP contribution in [0.25, 0.3) is 0 Å². The molecule has 14 heteroatoms. The lowest BCUT2D eigenvalue weighted by molar-refractivity contribution is -0.146. The van der Waals surface area contributed by atoms with Crippen LogP contribution in [0.4, 0.5) is 0 Å². The number of carbonyl (C=O) groups is 4. The van der Waals surface area contributed by atoms with Gasteiger partial charge in [0.05, 0.1) is 0 Å². The van der Waals surface area contributed by atoms with Gasteiger partial charge < -0.3 is 42.5 Å². The van der Waals surface area contributed by atoms with Crippen LogP contribution in [-0.2, 0) is 19.2 Å². The summed E-state index contributed by atoms with van der Waals surface area (Å²) in [6.07, 6.45) is 2.52. The van der Waals surface area contributed by atoms with E-state index < -0.39 is 29.9 Å². The van der Waals surface area contributed by atoms with Gasteiger partial charge in [0.1, 0.15) is 6.04 Å². The first kappa shape index (κ1) is 35.6. The first-order valence-corrected chi connectivity index (χ1v) is 13.3. The molecule has 2 atom stereocenters. The molecule has 38 heavy (non-hydrogen) atoms. The van der Waals surface area contributed by atoms with Gasteiger partial charge in [0.15, 0.2) is 0 Å². The summed E-state index contributed by atoms with van der Waals surface area (Å²) in [6.45, 7) is 9.10. The van der Waals surface area contributed by atoms with Gasteiger partial charge in [0, 0.05) is 84.2 Å². The minimum absolute atomic E-state index is 0.0113. The van der Waals surface area contributed by atoms with Gasteiger partial charge in [0.25, 0.3) is 0 Å². The third-order valence-corrected chi connectivity index (χ3v) is 6.14. The molecule has 2 aliphatic heterocycles. The Bertz CT molecular complexity index is 658. The maximum Gasteiger partial charge on any atom is 0.320 e. The van der Waals surface area contributed by atoms with E-state index in [1.54, 1.807) is 0 Å². The fraction of sp³-hybridized carbons (Fsp3) is 0.833. The highest BCUT2D eigenvalue weighted by atomic mass is 16.4. The van der Waals surface area contributed by atoms with Crippen molar-refractivity contribution in [2.45, 2.75) is 63.5 Å². The molecule has 0 aromatic carbocycles. The summed E-state index contributed by atoms with van der Waals surface area (Å²) in [6, 6.07) is -0.498. The van der Waals surface area contributed by atoms with E-state index in [1.807, 2.05) is 4.90 Å². The molecule has 0 amide bonds. The Balaban J connectivity index is 0.000000604. The largest absolute Gasteiger partial charge is 0.481 e. The zero-order chi connectivity index (χ0) is 28.8. The summed E-state index contributed by atoms with van der Waals surface area (Å²) in [5, 5.41) is 40.7. The fourth-order valence-electron chi connectivity index (χ4n) is 4.19. The lowest BCUT2D eigenvalue weighted by Gasteiger charge is -2.39. The van der Waals surface area contributed by atoms with Crippen molar-refractivity contribution in [3.8, 4) is 0 Å². The van der Waals surface area contributed by atoms with Gasteiger partial charge in [-0.25, -0.2) is 0 Å². The first-order valence-electron chi connectivity index (χ1n) is 13.3. The average molecular weight is 549 g/mol. The predicted octanol–water partition coefficient (Wildman–Crippen LogP) is -1.12. The van der Waals surface area contributed by atoms with Gasteiger partial charge in [0.2, 0.25) is 0 Å². The number of hydrogen-bond donors (Lipinski definition) is 8. The van der Waals surface area contributed by atoms with E-state index in [0.29, 0.717) is 38.8 Å². The number of carboxylic acids is 4. The molecule has 10 N–H and O–H groups in total. The first-order chi connectivity index (χ1) is 18.1. The summed E-state index contributed by atoms with van der Waals surface area (Å²) < 4.78 is 0. The highest BCUT2D eigenvalue weighted by molar-refractivity contribution is 5.73. The van der Waals surface area contributed by atoms with Gasteiger partial charge in [-0.05, 0) is 38.6 Å². The Hall–Kier alpha value is -2.36. The van der Waals surface area contributed by atoms with Gasteiger partial charge >= 0.3 is 23.9 Å². The lowest BCUT2D eigenvalue weighted by atomic mass is 10.0. The summed E-state index contributed by atoms with van der Waals surface area (Å²) in [5.41, 5.74) is 11.0. The zero-order valence-corrected chi connectivity index (χ0v) is 22.4. The Labute approximate surface area is 224 Å². The minimum Gasteiger partial charge on any atom is -0.481 e. The van der Waals surface area contributed by atoms with Crippen molar-refractivity contribution in [2.24, 2.45) is 11.5 Å². The fourth-order valence-corrected chi connectivity index (χ4v) is 4.19. The van der Waals surface area contributed by atoms with Crippen molar-refractivity contribution in [3.05, 3.63) is 0 Å². The molecule has 2 aliphatic rings. The number of nitrogens with one attached hydrogen (secondary N) is 2. The van der Waals surface area contributed by atoms with E-state index >= 15 is 0 Å². The van der Waals surface area contributed by atoms with Crippen LogP contribution >= 0.6 is 0 Å². The molecule has 0 aromatic heterocycles. The smallest absolute Gasteiger partial charge is 0.320 e. The third-order valence-electron chi connectivity index (χ3n) is 6.14. The second-order valence-electron chi connectivity index (χ2n) is 9.19. The Morgan fingerprint density at radius 3 is 1.76 bits per heavy atom. The predicted molar refractivity (Wildman–Crippen MR) is 142 cm³/mol. The third kappa shape index (κ3) is 18.8. The standard InChI is InChI=1S/C12H23N3O4.C6H15N3.C6H10O4/c13-5-4-9-8-14-6-7-15(9)10(12(18)19)2-1-3-11(16)17;7-1-4-9-5-2-8-3-6-9;7-5(8)3-1-2-4-6(9)10/h9-10,14H,1-8,13H2,(H,16,17)(H,18,19);8H,1-7H2;1-4H2,(H,7,8)(H,9,10). The van der Waals surface area contributed by atoms with Crippen LogP contribution in [0.2, 0.25) is 0 Å². The number of rotatable bonds is 15. The van der Waals surface area contributed by atoms with Crippen molar-refractivity contribution >= 4 is 23.9 Å². The Kier molecular flexibility index (Phi) is 21.2. The number of unbranched alkanes of at least 4 members (excludes halogenated alkanes) is 1. The van der Waals surface area contributed by atoms with Gasteiger partial charge in [-0.1, -0.05) is 0 Å². The van der Waals surface area contributed by atoms with Crippen molar-refractivity contribution in [2.75, 3.05) is 65.4 Å². The van der Waals surface area contributed by atoms with Crippen LogP contribution in [0.3, 0.4) is 0 Å². The second kappa shape index (κ2) is 22.6. The summed E-state index contributed by atoms with van der Waals surface area (Å²) in [5.74, 6) is -3.51. The molecule has 0 spiro atoms. The maximum absolute atomic E-state index is 11.4. The maximum atomic E-state index is 11.4. The van der Waals surface area contributed by atoms with Crippen LogP contribution in [0, 0.1) is 0 Å². The van der Waals surface area contributed by atoms with E-state index in [0.717, 1.165) is 58.8 Å². The Morgan fingerprint density at radius 2 is 1.29 bits per heavy atom. The second-order valence-corrected chi connectivity index (χ2v) is 9.19. The van der Waals surface area contributed by atoms with E-state index in [4.69, 9.17) is 26.8 Å². The van der Waals surface area contributed by atoms with E-state index in [-0.39, 0.29) is 25.3 Å². The van der Waals surface area contributed by atoms with Crippen LogP contribution in [-0.4, -0.2) is 132 Å². The highest BCUT2D eigenvalue weighted by Gasteiger charge is 2.32. The molecule has 0 bridgehead atoms. The molecule has 0 aromatic rings. The summed E-state index contributed by atoms with van der Waals surface area (Å²) >= 11 is 0. The molecule has 0 saturated carbocycles. The lowest BCUT2D eigenvalue weighted by Crippen LogP contribution is -2.57.